The first kappa shape index (κ1) is 13.9. The number of nitrogens with zero attached hydrogens (tertiary/aromatic N) is 1. The van der Waals surface area contributed by atoms with Crippen LogP contribution in [-0.4, -0.2) is 46.6 Å². The molecule has 0 radical (unpaired) electrons. The van der Waals surface area contributed by atoms with E-state index in [9.17, 15) is 9.18 Å². The molecule has 22 heavy (non-hydrogen) atoms. The maximum absolute atomic E-state index is 13.8. The van der Waals surface area contributed by atoms with Crippen molar-refractivity contribution in [2.24, 2.45) is 5.92 Å². The van der Waals surface area contributed by atoms with E-state index in [2.05, 4.69) is 9.97 Å². The SMILES string of the molecule is O=C(c1cc(F)cc2[nH]c(=S)[nH]c12)N1CCOC[C@H]1C1CC1. The molecule has 1 amide bonds. The van der Waals surface area contributed by atoms with E-state index in [0.29, 0.717) is 47.0 Å². The molecule has 0 spiro atoms. The van der Waals surface area contributed by atoms with E-state index in [1.54, 1.807) is 0 Å². The van der Waals surface area contributed by atoms with Gasteiger partial charge in [-0.05, 0) is 43.1 Å². The van der Waals surface area contributed by atoms with E-state index >= 15 is 0 Å². The summed E-state index contributed by atoms with van der Waals surface area (Å²) in [5, 5.41) is 0. The molecule has 2 aromatic rings. The molecule has 0 bridgehead atoms. The van der Waals surface area contributed by atoms with Crippen LogP contribution >= 0.6 is 12.2 Å². The predicted molar refractivity (Wildman–Crippen MR) is 81.8 cm³/mol. The number of hydrogen-bond acceptors (Lipinski definition) is 3. The van der Waals surface area contributed by atoms with Gasteiger partial charge in [0, 0.05) is 6.54 Å². The maximum Gasteiger partial charge on any atom is 0.256 e. The van der Waals surface area contributed by atoms with Crippen LogP contribution in [0.15, 0.2) is 12.1 Å². The first-order valence-corrected chi connectivity index (χ1v) is 7.84. The second-order valence-electron chi connectivity index (χ2n) is 5.93. The third-order valence-electron chi connectivity index (χ3n) is 4.41. The summed E-state index contributed by atoms with van der Waals surface area (Å²) in [6.45, 7) is 1.64. The summed E-state index contributed by atoms with van der Waals surface area (Å²) >= 11 is 5.06. The molecule has 0 unspecified atom stereocenters. The summed E-state index contributed by atoms with van der Waals surface area (Å²) in [6.07, 6.45) is 2.26. The number of aromatic nitrogens is 2. The molecule has 4 rings (SSSR count). The molecule has 116 valence electrons. The summed E-state index contributed by atoms with van der Waals surface area (Å²) in [5.41, 5.74) is 1.41. The molecule has 1 aromatic carbocycles. The van der Waals surface area contributed by atoms with Crippen LogP contribution in [0.5, 0.6) is 0 Å². The molecule has 2 heterocycles. The summed E-state index contributed by atoms with van der Waals surface area (Å²) in [6, 6.07) is 2.72. The van der Waals surface area contributed by atoms with Gasteiger partial charge >= 0.3 is 0 Å². The Balaban J connectivity index is 1.76. The molecule has 5 nitrogen and oxygen atoms in total. The Bertz CT molecular complexity index is 796. The van der Waals surface area contributed by atoms with E-state index in [4.69, 9.17) is 17.0 Å². The van der Waals surface area contributed by atoms with Crippen LogP contribution in [0.2, 0.25) is 0 Å². The number of aromatic amines is 2. The Morgan fingerprint density at radius 2 is 2.18 bits per heavy atom. The van der Waals surface area contributed by atoms with Crippen LogP contribution in [0, 0.1) is 16.5 Å². The molecular weight excluding hydrogens is 305 g/mol. The van der Waals surface area contributed by atoms with Gasteiger partial charge in [0.2, 0.25) is 0 Å². The van der Waals surface area contributed by atoms with Crippen molar-refractivity contribution in [1.29, 1.82) is 0 Å². The van der Waals surface area contributed by atoms with Gasteiger partial charge in [-0.1, -0.05) is 0 Å². The van der Waals surface area contributed by atoms with Gasteiger partial charge in [-0.3, -0.25) is 4.79 Å². The minimum atomic E-state index is -0.447. The number of carbonyl (C=O) groups is 1. The largest absolute Gasteiger partial charge is 0.377 e. The lowest BCUT2D eigenvalue weighted by molar-refractivity contribution is -0.00826. The Morgan fingerprint density at radius 1 is 1.36 bits per heavy atom. The number of morpholine rings is 1. The normalized spacial score (nSPS) is 22.2. The standard InChI is InChI=1S/C15H16FN3O2S/c16-9-5-10(13-11(6-9)17-15(22)18-13)14(20)19-3-4-21-7-12(19)8-1-2-8/h5-6,8,12H,1-4,7H2,(H2,17,18,22)/t12-/m0/s1. The number of imidazole rings is 1. The number of amides is 1. The molecular formula is C15H16FN3O2S. The number of H-pyrrole nitrogens is 2. The van der Waals surface area contributed by atoms with Crippen molar-refractivity contribution in [1.82, 2.24) is 14.9 Å². The number of halogens is 1. The predicted octanol–water partition coefficient (Wildman–Crippen LogP) is 2.62. The number of carbonyl (C=O) groups excluding carboxylic acids is 1. The van der Waals surface area contributed by atoms with Gasteiger partial charge in [0.1, 0.15) is 5.82 Å². The van der Waals surface area contributed by atoms with Gasteiger partial charge in [-0.2, -0.15) is 0 Å². The fourth-order valence-electron chi connectivity index (χ4n) is 3.18. The number of benzene rings is 1. The number of nitrogens with one attached hydrogen (secondary N) is 2. The Labute approximate surface area is 131 Å². The van der Waals surface area contributed by atoms with Gasteiger partial charge < -0.3 is 19.6 Å². The molecule has 2 aliphatic rings. The van der Waals surface area contributed by atoms with Crippen molar-refractivity contribution in [2.45, 2.75) is 18.9 Å². The Hall–Kier alpha value is -1.73. The van der Waals surface area contributed by atoms with Crippen molar-refractivity contribution in [2.75, 3.05) is 19.8 Å². The summed E-state index contributed by atoms with van der Waals surface area (Å²) < 4.78 is 19.7. The van der Waals surface area contributed by atoms with E-state index in [0.717, 1.165) is 12.8 Å². The van der Waals surface area contributed by atoms with E-state index in [-0.39, 0.29) is 11.9 Å². The second-order valence-corrected chi connectivity index (χ2v) is 6.34. The topological polar surface area (TPSA) is 61.1 Å². The van der Waals surface area contributed by atoms with Gasteiger partial charge in [0.15, 0.2) is 4.77 Å². The van der Waals surface area contributed by atoms with Crippen LogP contribution in [0.4, 0.5) is 4.39 Å². The van der Waals surface area contributed by atoms with Gasteiger partial charge in [-0.15, -0.1) is 0 Å². The fraction of sp³-hybridized carbons (Fsp3) is 0.467. The average Bonchev–Trinajstić information content (AvgIpc) is 3.28. The lowest BCUT2D eigenvalue weighted by Gasteiger charge is -2.36. The Morgan fingerprint density at radius 3 is 2.95 bits per heavy atom. The third-order valence-corrected chi connectivity index (χ3v) is 4.62. The molecule has 1 aliphatic heterocycles. The van der Waals surface area contributed by atoms with Gasteiger partial charge in [-0.25, -0.2) is 4.39 Å². The molecule has 2 N–H and O–H groups in total. The minimum absolute atomic E-state index is 0.0986. The highest BCUT2D eigenvalue weighted by molar-refractivity contribution is 7.71. The highest BCUT2D eigenvalue weighted by Crippen LogP contribution is 2.37. The monoisotopic (exact) mass is 321 g/mol. The summed E-state index contributed by atoms with van der Waals surface area (Å²) in [7, 11) is 0. The zero-order chi connectivity index (χ0) is 15.3. The third kappa shape index (κ3) is 2.34. The molecule has 1 aliphatic carbocycles. The van der Waals surface area contributed by atoms with E-state index in [1.807, 2.05) is 4.90 Å². The van der Waals surface area contributed by atoms with Crippen LogP contribution in [-0.2, 0) is 4.74 Å². The smallest absolute Gasteiger partial charge is 0.256 e. The minimum Gasteiger partial charge on any atom is -0.377 e. The summed E-state index contributed by atoms with van der Waals surface area (Å²) in [5.74, 6) is -0.0923. The van der Waals surface area contributed by atoms with Crippen molar-refractivity contribution in [3.8, 4) is 0 Å². The van der Waals surface area contributed by atoms with Crippen LogP contribution in [0.25, 0.3) is 11.0 Å². The van der Waals surface area contributed by atoms with Crippen molar-refractivity contribution in [3.05, 3.63) is 28.3 Å². The quantitative estimate of drug-likeness (QED) is 0.836. The number of rotatable bonds is 2. The van der Waals surface area contributed by atoms with Crippen LogP contribution in [0.1, 0.15) is 23.2 Å². The van der Waals surface area contributed by atoms with Crippen molar-refractivity contribution in [3.63, 3.8) is 0 Å². The Kier molecular flexibility index (Phi) is 3.27. The molecule has 2 fully saturated rings. The van der Waals surface area contributed by atoms with Crippen molar-refractivity contribution >= 4 is 29.2 Å². The highest BCUT2D eigenvalue weighted by atomic mass is 32.1. The lowest BCUT2D eigenvalue weighted by Crippen LogP contribution is -2.49. The van der Waals surface area contributed by atoms with Crippen molar-refractivity contribution < 1.29 is 13.9 Å². The highest BCUT2D eigenvalue weighted by Gasteiger charge is 2.39. The fourth-order valence-corrected chi connectivity index (χ4v) is 3.39. The number of hydrogen-bond donors (Lipinski definition) is 2. The number of ether oxygens (including phenoxy) is 1. The van der Waals surface area contributed by atoms with Crippen LogP contribution in [0.3, 0.4) is 0 Å². The maximum atomic E-state index is 13.8. The average molecular weight is 321 g/mol. The zero-order valence-electron chi connectivity index (χ0n) is 11.9. The van der Waals surface area contributed by atoms with Gasteiger partial charge in [0.25, 0.3) is 5.91 Å². The molecule has 1 saturated carbocycles. The second kappa shape index (κ2) is 5.17. The molecule has 1 atom stereocenters. The molecule has 1 saturated heterocycles. The summed E-state index contributed by atoms with van der Waals surface area (Å²) in [4.78, 5) is 20.6. The first-order chi connectivity index (χ1) is 10.6. The van der Waals surface area contributed by atoms with Gasteiger partial charge in [0.05, 0.1) is 35.9 Å². The van der Waals surface area contributed by atoms with Crippen LogP contribution < -0.4 is 0 Å². The zero-order valence-corrected chi connectivity index (χ0v) is 12.7. The lowest BCUT2D eigenvalue weighted by atomic mass is 10.1. The molecule has 7 heteroatoms. The number of fused-ring (bicyclic) bond motifs is 1. The van der Waals surface area contributed by atoms with E-state index in [1.165, 1.54) is 12.1 Å². The first-order valence-electron chi connectivity index (χ1n) is 7.44. The van der Waals surface area contributed by atoms with E-state index < -0.39 is 5.82 Å². The molecule has 1 aromatic heterocycles.